The number of likely N-dealkylation sites (tertiary alicyclic amines) is 1. The molecule has 3 aliphatic heterocycles. The van der Waals surface area contributed by atoms with Crippen LogP contribution in [-0.4, -0.2) is 83.4 Å². The van der Waals surface area contributed by atoms with Crippen molar-refractivity contribution in [2.75, 3.05) is 33.7 Å². The molecule has 0 aromatic carbocycles. The number of hydroxylamine groups is 2. The molecule has 1 aromatic heterocycles. The van der Waals surface area contributed by atoms with Crippen molar-refractivity contribution in [2.45, 2.75) is 43.7 Å². The van der Waals surface area contributed by atoms with Crippen LogP contribution in [0.5, 0.6) is 0 Å². The first-order valence-corrected chi connectivity index (χ1v) is 11.2. The highest BCUT2D eigenvalue weighted by atomic mass is 32.3. The van der Waals surface area contributed by atoms with Gasteiger partial charge in [-0.25, -0.2) is 13.2 Å². The molecule has 1 aromatic rings. The summed E-state index contributed by atoms with van der Waals surface area (Å²) in [5.74, 6) is 0.401. The van der Waals surface area contributed by atoms with Crippen LogP contribution >= 0.6 is 11.3 Å². The zero-order valence-electron chi connectivity index (χ0n) is 15.3. The molecule has 0 saturated carbocycles. The highest BCUT2D eigenvalue weighted by molar-refractivity contribution is 7.80. The van der Waals surface area contributed by atoms with Crippen LogP contribution in [0.2, 0.25) is 0 Å². The molecular weight excluding hydrogens is 394 g/mol. The lowest BCUT2D eigenvalue weighted by molar-refractivity contribution is -0.895. The van der Waals surface area contributed by atoms with Crippen molar-refractivity contribution in [3.63, 3.8) is 0 Å². The molecule has 2 atom stereocenters. The van der Waals surface area contributed by atoms with Crippen LogP contribution in [-0.2, 0) is 14.7 Å². The monoisotopic (exact) mass is 417 g/mol. The summed E-state index contributed by atoms with van der Waals surface area (Å²) in [6, 6.07) is -1.28. The Morgan fingerprint density at radius 2 is 1.81 bits per heavy atom. The van der Waals surface area contributed by atoms with E-state index in [-0.39, 0.29) is 6.04 Å². The number of carbonyl (C=O) groups excluding carboxylic acids is 1. The molecule has 0 radical (unpaired) electrons. The Hall–Kier alpha value is -1.34. The Balaban J connectivity index is 1.48. The lowest BCUT2D eigenvalue weighted by Crippen LogP contribution is -2.45. The number of amides is 2. The molecule has 2 amide bonds. The fourth-order valence-electron chi connectivity index (χ4n) is 4.15. The number of urea groups is 1. The van der Waals surface area contributed by atoms with Gasteiger partial charge in [0.1, 0.15) is 10.0 Å². The zero-order valence-corrected chi connectivity index (χ0v) is 16.9. The molecule has 0 N–H and O–H groups in total. The molecule has 10 nitrogen and oxygen atoms in total. The third kappa shape index (κ3) is 3.81. The molecule has 4 rings (SSSR count). The van der Waals surface area contributed by atoms with Gasteiger partial charge in [0.15, 0.2) is 0 Å². The Morgan fingerprint density at radius 1 is 1.15 bits per heavy atom. The van der Waals surface area contributed by atoms with E-state index < -0.39 is 22.5 Å². The van der Waals surface area contributed by atoms with Crippen molar-refractivity contribution in [2.24, 2.45) is 0 Å². The first-order chi connectivity index (χ1) is 12.6. The fraction of sp³-hybridized carbons (Fsp3) is 0.800. The van der Waals surface area contributed by atoms with Gasteiger partial charge in [0, 0.05) is 25.3 Å². The van der Waals surface area contributed by atoms with E-state index in [1.54, 1.807) is 0 Å². The van der Waals surface area contributed by atoms with Crippen molar-refractivity contribution >= 4 is 27.8 Å². The summed E-state index contributed by atoms with van der Waals surface area (Å²) in [7, 11) is -0.517. The number of quaternary nitrogens is 1. The van der Waals surface area contributed by atoms with E-state index in [9.17, 15) is 17.8 Å². The third-order valence-corrected chi connectivity index (χ3v) is 7.28. The van der Waals surface area contributed by atoms with Gasteiger partial charge in [0.05, 0.1) is 39.3 Å². The van der Waals surface area contributed by atoms with Crippen molar-refractivity contribution in [1.82, 2.24) is 20.2 Å². The third-order valence-electron chi connectivity index (χ3n) is 5.75. The normalized spacial score (nSPS) is 28.8. The maximum atomic E-state index is 12.5. The Kier molecular flexibility index (Phi) is 4.66. The maximum absolute atomic E-state index is 12.5. The molecular formula is C15H23N5O5S2. The van der Waals surface area contributed by atoms with Crippen molar-refractivity contribution in [1.29, 1.82) is 0 Å². The summed E-state index contributed by atoms with van der Waals surface area (Å²) in [6.07, 6.45) is 3.32. The van der Waals surface area contributed by atoms with Crippen LogP contribution in [0, 0.1) is 0 Å². The number of hydrogen-bond donors (Lipinski definition) is 0. The molecule has 3 aliphatic rings. The van der Waals surface area contributed by atoms with Gasteiger partial charge < -0.3 is 13.9 Å². The summed E-state index contributed by atoms with van der Waals surface area (Å²) in [5, 5.41) is 11.2. The van der Waals surface area contributed by atoms with Crippen LogP contribution in [0.1, 0.15) is 47.7 Å². The highest BCUT2D eigenvalue weighted by Crippen LogP contribution is 2.41. The molecule has 3 fully saturated rings. The minimum Gasteiger partial charge on any atom is -0.724 e. The topological polar surface area (TPSA) is 116 Å². The van der Waals surface area contributed by atoms with Crippen molar-refractivity contribution in [3.8, 4) is 0 Å². The molecule has 12 heteroatoms. The minimum atomic E-state index is -4.98. The standard InChI is InChI=1S/C15H23N5O5S2/c1-20(2)7-5-10(6-8-20)13-16-17-14(26-13)12-4-3-11-9-18(12)15(21)19(11)25-27(22,23)24/h10-12H,3-9H2,1-2H3/t11-,12+/m1/s1. The smallest absolute Gasteiger partial charge is 0.346 e. The van der Waals surface area contributed by atoms with E-state index in [1.807, 2.05) is 0 Å². The van der Waals surface area contributed by atoms with E-state index in [0.717, 1.165) is 40.4 Å². The fourth-order valence-corrected chi connectivity index (χ4v) is 5.69. The number of carbonyl (C=O) groups is 1. The summed E-state index contributed by atoms with van der Waals surface area (Å²) in [5.41, 5.74) is 0. The Labute approximate surface area is 162 Å². The van der Waals surface area contributed by atoms with Crippen LogP contribution < -0.4 is 0 Å². The summed E-state index contributed by atoms with van der Waals surface area (Å²) in [4.78, 5) is 14.0. The van der Waals surface area contributed by atoms with Crippen molar-refractivity contribution < 1.29 is 26.5 Å². The zero-order chi connectivity index (χ0) is 19.4. The van der Waals surface area contributed by atoms with Crippen LogP contribution in [0.3, 0.4) is 0 Å². The summed E-state index contributed by atoms with van der Waals surface area (Å²) < 4.78 is 38.0. The number of hydrogen-bond acceptors (Lipinski definition) is 8. The van der Waals surface area contributed by atoms with Gasteiger partial charge in [-0.1, -0.05) is 11.3 Å². The van der Waals surface area contributed by atoms with Crippen LogP contribution in [0.25, 0.3) is 0 Å². The number of aromatic nitrogens is 2. The van der Waals surface area contributed by atoms with Gasteiger partial charge in [0.2, 0.25) is 10.4 Å². The lowest BCUT2D eigenvalue weighted by atomic mass is 9.97. The predicted molar refractivity (Wildman–Crippen MR) is 94.2 cm³/mol. The first-order valence-electron chi connectivity index (χ1n) is 9.03. The molecule has 150 valence electrons. The predicted octanol–water partition coefficient (Wildman–Crippen LogP) is 0.825. The summed E-state index contributed by atoms with van der Waals surface area (Å²) in [6.45, 7) is 2.53. The van der Waals surface area contributed by atoms with E-state index in [4.69, 9.17) is 0 Å². The lowest BCUT2D eigenvalue weighted by Gasteiger charge is -2.36. The average Bonchev–Trinajstić information content (AvgIpc) is 3.15. The molecule has 4 heterocycles. The summed E-state index contributed by atoms with van der Waals surface area (Å²) >= 11 is 1.54. The number of fused-ring (bicyclic) bond motifs is 2. The molecule has 2 bridgehead atoms. The van der Waals surface area contributed by atoms with E-state index in [1.165, 1.54) is 16.2 Å². The SMILES string of the molecule is C[N+]1(C)CCC(c2nnc([C@@H]3CC[C@@H]4CN3C(=O)N4OS(=O)(=O)[O-])s2)CC1. The molecule has 0 unspecified atom stereocenters. The van der Waals surface area contributed by atoms with E-state index >= 15 is 0 Å². The van der Waals surface area contributed by atoms with Gasteiger partial charge in [-0.2, -0.15) is 9.35 Å². The largest absolute Gasteiger partial charge is 0.724 e. The molecule has 0 aliphatic carbocycles. The molecule has 0 spiro atoms. The second kappa shape index (κ2) is 6.62. The van der Waals surface area contributed by atoms with Crippen molar-refractivity contribution in [3.05, 3.63) is 10.0 Å². The van der Waals surface area contributed by atoms with Gasteiger partial charge in [-0.15, -0.1) is 10.2 Å². The van der Waals surface area contributed by atoms with E-state index in [2.05, 4.69) is 28.6 Å². The molecule has 3 saturated heterocycles. The van der Waals surface area contributed by atoms with Gasteiger partial charge >= 0.3 is 6.03 Å². The minimum absolute atomic E-state index is 0.251. The van der Waals surface area contributed by atoms with Crippen LogP contribution in [0.15, 0.2) is 0 Å². The number of piperidine rings is 2. The Bertz CT molecular complexity index is 831. The number of nitrogens with zero attached hydrogens (tertiary/aromatic N) is 5. The first kappa shape index (κ1) is 19.0. The van der Waals surface area contributed by atoms with E-state index in [0.29, 0.717) is 30.4 Å². The average molecular weight is 418 g/mol. The second-order valence-corrected chi connectivity index (χ2v) is 10.1. The Morgan fingerprint density at radius 3 is 2.48 bits per heavy atom. The van der Waals surface area contributed by atoms with Gasteiger partial charge in [-0.05, 0) is 12.8 Å². The van der Waals surface area contributed by atoms with Gasteiger partial charge in [0.25, 0.3) is 0 Å². The molecule has 27 heavy (non-hydrogen) atoms. The quantitative estimate of drug-likeness (QED) is 0.405. The van der Waals surface area contributed by atoms with Gasteiger partial charge in [-0.3, -0.25) is 0 Å². The highest BCUT2D eigenvalue weighted by Gasteiger charge is 2.48. The maximum Gasteiger partial charge on any atom is 0.346 e. The van der Waals surface area contributed by atoms with Crippen LogP contribution in [0.4, 0.5) is 4.79 Å². The second-order valence-electron chi connectivity index (χ2n) is 8.13. The number of rotatable bonds is 4.